The molecule has 0 radical (unpaired) electrons. The van der Waals surface area contributed by atoms with Crippen molar-refractivity contribution in [3.8, 4) is 0 Å². The van der Waals surface area contributed by atoms with E-state index in [1.165, 1.54) is 50.7 Å². The third-order valence-corrected chi connectivity index (χ3v) is 10.2. The molecule has 0 bridgehead atoms. The molecule has 216 valence electrons. The first kappa shape index (κ1) is 26.1. The molecule has 2 heteroatoms. The Hall–Kier alpha value is -5.34. The quantitative estimate of drug-likeness (QED) is 0.209. The second-order valence-corrected chi connectivity index (χ2v) is 12.4. The summed E-state index contributed by atoms with van der Waals surface area (Å²) in [4.78, 5) is 5.02. The molecule has 3 atom stereocenters. The zero-order valence-electron chi connectivity index (χ0n) is 25.1. The topological polar surface area (TPSA) is 6.48 Å². The number of anilines is 5. The van der Waals surface area contributed by atoms with Crippen molar-refractivity contribution >= 4 is 28.4 Å². The zero-order valence-corrected chi connectivity index (χ0v) is 25.1. The molecule has 0 spiro atoms. The highest BCUT2D eigenvalue weighted by Crippen LogP contribution is 2.59. The largest absolute Gasteiger partial charge is 0.333 e. The number of para-hydroxylation sites is 3. The van der Waals surface area contributed by atoms with Crippen molar-refractivity contribution in [1.82, 2.24) is 0 Å². The molecule has 0 fully saturated rings. The molecule has 0 N–H and O–H groups in total. The predicted molar refractivity (Wildman–Crippen MR) is 187 cm³/mol. The summed E-state index contributed by atoms with van der Waals surface area (Å²) in [5, 5.41) is 0. The van der Waals surface area contributed by atoms with Crippen LogP contribution in [0.4, 0.5) is 28.4 Å². The highest BCUT2D eigenvalue weighted by Gasteiger charge is 2.49. The summed E-state index contributed by atoms with van der Waals surface area (Å²) in [5.41, 5.74) is 11.2. The van der Waals surface area contributed by atoms with Crippen LogP contribution in [0, 0.1) is 5.92 Å². The minimum Gasteiger partial charge on any atom is -0.333 e. The zero-order chi connectivity index (χ0) is 29.8. The summed E-state index contributed by atoms with van der Waals surface area (Å²) in [6.45, 7) is 0. The van der Waals surface area contributed by atoms with E-state index in [2.05, 4.69) is 186 Å². The third-order valence-electron chi connectivity index (χ3n) is 10.2. The number of fused-ring (bicyclic) bond motifs is 5. The summed E-state index contributed by atoms with van der Waals surface area (Å²) in [5.74, 6) is 0.639. The maximum atomic E-state index is 2.53. The normalized spacial score (nSPS) is 21.6. The van der Waals surface area contributed by atoms with E-state index in [9.17, 15) is 0 Å². The molecule has 9 rings (SSSR count). The molecule has 0 amide bonds. The van der Waals surface area contributed by atoms with Crippen molar-refractivity contribution in [2.24, 2.45) is 5.92 Å². The van der Waals surface area contributed by atoms with Crippen LogP contribution in [0.15, 0.2) is 176 Å². The fraction of sp³-hybridized carbons (Fsp3) is 0.116. The number of benzene rings is 5. The van der Waals surface area contributed by atoms with Crippen molar-refractivity contribution in [2.45, 2.75) is 23.8 Å². The van der Waals surface area contributed by atoms with Crippen LogP contribution >= 0.6 is 0 Å². The second kappa shape index (κ2) is 10.4. The number of hydrogen-bond acceptors (Lipinski definition) is 2. The van der Waals surface area contributed by atoms with Gasteiger partial charge in [-0.2, -0.15) is 0 Å². The van der Waals surface area contributed by atoms with Crippen LogP contribution in [0.3, 0.4) is 0 Å². The van der Waals surface area contributed by atoms with Gasteiger partial charge in [0, 0.05) is 23.0 Å². The number of rotatable bonds is 4. The van der Waals surface area contributed by atoms with E-state index in [1.807, 2.05) is 0 Å². The maximum Gasteiger partial charge on any atom is 0.0629 e. The minimum absolute atomic E-state index is 0.264. The Morgan fingerprint density at radius 2 is 1.18 bits per heavy atom. The summed E-state index contributed by atoms with van der Waals surface area (Å²) in [6, 6.07) is 47.6. The van der Waals surface area contributed by atoms with Crippen LogP contribution in [0.25, 0.3) is 0 Å². The van der Waals surface area contributed by atoms with E-state index in [1.54, 1.807) is 0 Å². The lowest BCUT2D eigenvalue weighted by atomic mass is 9.58. The molecule has 5 aromatic rings. The monoisotopic (exact) mass is 578 g/mol. The van der Waals surface area contributed by atoms with Crippen LogP contribution in [-0.2, 0) is 5.41 Å². The molecule has 0 saturated heterocycles. The lowest BCUT2D eigenvalue weighted by Crippen LogP contribution is -2.42. The molecular formula is C43H34N2. The molecule has 0 saturated carbocycles. The van der Waals surface area contributed by atoms with Gasteiger partial charge in [0.25, 0.3) is 0 Å². The minimum atomic E-state index is -0.329. The Morgan fingerprint density at radius 3 is 1.93 bits per heavy atom. The van der Waals surface area contributed by atoms with Gasteiger partial charge < -0.3 is 9.80 Å². The van der Waals surface area contributed by atoms with Gasteiger partial charge in [-0.15, -0.1) is 0 Å². The van der Waals surface area contributed by atoms with Gasteiger partial charge in [-0.1, -0.05) is 140 Å². The average molecular weight is 579 g/mol. The van der Waals surface area contributed by atoms with Crippen molar-refractivity contribution in [1.29, 1.82) is 0 Å². The van der Waals surface area contributed by atoms with Gasteiger partial charge in [0.05, 0.1) is 22.8 Å². The maximum absolute atomic E-state index is 2.53. The van der Waals surface area contributed by atoms with E-state index in [4.69, 9.17) is 0 Å². The van der Waals surface area contributed by atoms with Crippen LogP contribution in [0.5, 0.6) is 0 Å². The van der Waals surface area contributed by atoms with Crippen LogP contribution in [0.1, 0.15) is 34.6 Å². The standard InChI is InChI=1S/C43H34N2/c1-3-16-31(17-4-1)43(32-18-5-2-6-19-32)37-24-9-13-28-41(37)45(42-29-14-10-25-38(42)43)34-21-15-20-33(30-34)44-39-26-11-7-22-35(39)36-23-8-12-27-40(36)44/h1-18,20-30,32,35,39H,19H2. The number of hydrogen-bond donors (Lipinski definition) is 0. The molecule has 3 unspecified atom stereocenters. The third kappa shape index (κ3) is 3.82. The Bertz CT molecular complexity index is 1980. The summed E-state index contributed by atoms with van der Waals surface area (Å²) < 4.78 is 0. The van der Waals surface area contributed by atoms with Crippen LogP contribution < -0.4 is 9.80 Å². The van der Waals surface area contributed by atoms with E-state index < -0.39 is 0 Å². The van der Waals surface area contributed by atoms with Crippen LogP contribution in [-0.4, -0.2) is 6.04 Å². The fourth-order valence-electron chi connectivity index (χ4n) is 8.46. The highest BCUT2D eigenvalue weighted by atomic mass is 15.2. The van der Waals surface area contributed by atoms with Gasteiger partial charge in [-0.25, -0.2) is 0 Å². The molecular weight excluding hydrogens is 544 g/mol. The molecule has 2 heterocycles. The molecule has 0 aromatic heterocycles. The van der Waals surface area contributed by atoms with Gasteiger partial charge in [0.15, 0.2) is 0 Å². The molecule has 4 aliphatic rings. The van der Waals surface area contributed by atoms with E-state index in [0.717, 1.165) is 6.42 Å². The van der Waals surface area contributed by atoms with E-state index >= 15 is 0 Å². The lowest BCUT2D eigenvalue weighted by molar-refractivity contribution is 0.445. The predicted octanol–water partition coefficient (Wildman–Crippen LogP) is 10.7. The number of nitrogens with zero attached hydrogens (tertiary/aromatic N) is 2. The van der Waals surface area contributed by atoms with Gasteiger partial charge in [0.1, 0.15) is 0 Å². The molecule has 2 aliphatic heterocycles. The van der Waals surface area contributed by atoms with Crippen molar-refractivity contribution in [3.05, 3.63) is 198 Å². The molecule has 45 heavy (non-hydrogen) atoms. The Labute approximate surface area is 265 Å². The first-order valence-corrected chi connectivity index (χ1v) is 16.1. The van der Waals surface area contributed by atoms with Gasteiger partial charge >= 0.3 is 0 Å². The SMILES string of the molecule is C1=CCC(C2(c3ccccc3)c3ccccc3N(c3cccc(N4c5ccccc5C5C=CC=CC54)c3)c3ccccc32)C=C1. The lowest BCUT2D eigenvalue weighted by Gasteiger charge is -2.49. The van der Waals surface area contributed by atoms with Crippen molar-refractivity contribution < 1.29 is 0 Å². The first-order chi connectivity index (χ1) is 22.4. The van der Waals surface area contributed by atoms with Gasteiger partial charge in [-0.05, 0) is 71.0 Å². The van der Waals surface area contributed by atoms with Crippen molar-refractivity contribution in [3.63, 3.8) is 0 Å². The second-order valence-electron chi connectivity index (χ2n) is 12.4. The smallest absolute Gasteiger partial charge is 0.0629 e. The van der Waals surface area contributed by atoms with Gasteiger partial charge in [-0.3, -0.25) is 0 Å². The average Bonchev–Trinajstić information content (AvgIpc) is 3.46. The Morgan fingerprint density at radius 1 is 0.533 bits per heavy atom. The fourth-order valence-corrected chi connectivity index (χ4v) is 8.46. The number of allylic oxidation sites excluding steroid dienone is 6. The van der Waals surface area contributed by atoms with Crippen molar-refractivity contribution in [2.75, 3.05) is 9.80 Å². The molecule has 2 nitrogen and oxygen atoms in total. The van der Waals surface area contributed by atoms with Gasteiger partial charge in [0.2, 0.25) is 0 Å². The Balaban J connectivity index is 1.26. The summed E-state index contributed by atoms with van der Waals surface area (Å²) in [7, 11) is 0. The van der Waals surface area contributed by atoms with Crippen LogP contribution in [0.2, 0.25) is 0 Å². The highest BCUT2D eigenvalue weighted by molar-refractivity contribution is 5.89. The summed E-state index contributed by atoms with van der Waals surface area (Å²) >= 11 is 0. The summed E-state index contributed by atoms with van der Waals surface area (Å²) in [6.07, 6.45) is 19.2. The van der Waals surface area contributed by atoms with E-state index in [-0.39, 0.29) is 17.4 Å². The van der Waals surface area contributed by atoms with E-state index in [0.29, 0.717) is 5.92 Å². The first-order valence-electron chi connectivity index (χ1n) is 16.1. The molecule has 5 aromatic carbocycles. The molecule has 2 aliphatic carbocycles. The Kier molecular flexibility index (Phi) is 6.02.